The van der Waals surface area contributed by atoms with Gasteiger partial charge in [0.2, 0.25) is 5.91 Å². The molecule has 108 valence electrons. The van der Waals surface area contributed by atoms with Crippen LogP contribution in [0.25, 0.3) is 11.0 Å². The molecular formula is C12H18N6O2. The van der Waals surface area contributed by atoms with Gasteiger partial charge < -0.3 is 0 Å². The van der Waals surface area contributed by atoms with Crippen molar-refractivity contribution >= 4 is 16.9 Å². The first-order valence-electron chi connectivity index (χ1n) is 6.50. The summed E-state index contributed by atoms with van der Waals surface area (Å²) in [7, 11) is 1.75. The lowest BCUT2D eigenvalue weighted by atomic mass is 10.2. The lowest BCUT2D eigenvalue weighted by Crippen LogP contribution is -2.29. The summed E-state index contributed by atoms with van der Waals surface area (Å²) in [6, 6.07) is 0. The highest BCUT2D eigenvalue weighted by molar-refractivity contribution is 5.75. The van der Waals surface area contributed by atoms with Crippen molar-refractivity contribution in [2.75, 3.05) is 0 Å². The molecule has 0 saturated carbocycles. The maximum atomic E-state index is 12.1. The van der Waals surface area contributed by atoms with Crippen molar-refractivity contribution in [2.24, 2.45) is 12.9 Å². The van der Waals surface area contributed by atoms with Crippen LogP contribution in [-0.2, 0) is 18.4 Å². The molecule has 0 atom stereocenters. The maximum Gasteiger partial charge on any atom is 0.264 e. The molecule has 2 heterocycles. The van der Waals surface area contributed by atoms with Gasteiger partial charge in [-0.2, -0.15) is 5.10 Å². The van der Waals surface area contributed by atoms with Gasteiger partial charge in [-0.3, -0.25) is 24.3 Å². The minimum absolute atomic E-state index is 0.0807. The Bertz CT molecular complexity index is 660. The first-order chi connectivity index (χ1) is 9.63. The van der Waals surface area contributed by atoms with Crippen LogP contribution in [0, 0.1) is 0 Å². The molecule has 0 unspecified atom stereocenters. The van der Waals surface area contributed by atoms with Gasteiger partial charge >= 0.3 is 0 Å². The van der Waals surface area contributed by atoms with Crippen molar-refractivity contribution in [3.05, 3.63) is 22.9 Å². The first kappa shape index (κ1) is 14.2. The second-order valence-electron chi connectivity index (χ2n) is 4.63. The maximum absolute atomic E-state index is 12.1. The predicted molar refractivity (Wildman–Crippen MR) is 73.6 cm³/mol. The van der Waals surface area contributed by atoms with E-state index >= 15 is 0 Å². The number of aromatic nitrogens is 4. The van der Waals surface area contributed by atoms with E-state index in [1.165, 1.54) is 6.20 Å². The molecule has 8 heteroatoms. The lowest BCUT2D eigenvalue weighted by molar-refractivity contribution is -0.121. The number of nitrogens with zero attached hydrogens (tertiary/aromatic N) is 4. The van der Waals surface area contributed by atoms with E-state index in [1.807, 2.05) is 0 Å². The first-order valence-corrected chi connectivity index (χ1v) is 6.50. The van der Waals surface area contributed by atoms with E-state index in [-0.39, 0.29) is 11.5 Å². The average molecular weight is 278 g/mol. The fraction of sp³-hybridized carbons (Fsp3) is 0.500. The van der Waals surface area contributed by atoms with Crippen LogP contribution < -0.4 is 16.8 Å². The third kappa shape index (κ3) is 3.02. The molecule has 1 amide bonds. The summed E-state index contributed by atoms with van der Waals surface area (Å²) in [5.41, 5.74) is 2.60. The third-order valence-corrected chi connectivity index (χ3v) is 3.18. The van der Waals surface area contributed by atoms with Gasteiger partial charge in [0.1, 0.15) is 5.39 Å². The molecule has 0 aromatic carbocycles. The number of nitrogens with two attached hydrogens (primary N) is 1. The molecule has 0 bridgehead atoms. The molecular weight excluding hydrogens is 260 g/mol. The van der Waals surface area contributed by atoms with E-state index in [1.54, 1.807) is 22.6 Å². The molecule has 8 nitrogen and oxygen atoms in total. The number of nitrogens with one attached hydrogen (secondary N) is 1. The fourth-order valence-corrected chi connectivity index (χ4v) is 2.04. The molecule has 2 rings (SSSR count). The summed E-state index contributed by atoms with van der Waals surface area (Å²) in [5.74, 6) is 4.83. The normalized spacial score (nSPS) is 10.9. The highest BCUT2D eigenvalue weighted by atomic mass is 16.2. The molecule has 0 saturated heterocycles. The third-order valence-electron chi connectivity index (χ3n) is 3.18. The summed E-state index contributed by atoms with van der Waals surface area (Å²) < 4.78 is 3.15. The van der Waals surface area contributed by atoms with Gasteiger partial charge in [-0.1, -0.05) is 6.42 Å². The number of hydrogen-bond acceptors (Lipinski definition) is 5. The van der Waals surface area contributed by atoms with Crippen LogP contribution >= 0.6 is 0 Å². The average Bonchev–Trinajstić information content (AvgIpc) is 2.83. The highest BCUT2D eigenvalue weighted by Crippen LogP contribution is 2.05. The summed E-state index contributed by atoms with van der Waals surface area (Å²) in [5, 5.41) is 4.55. The second kappa shape index (κ2) is 6.29. The van der Waals surface area contributed by atoms with Gasteiger partial charge in [-0.05, 0) is 12.8 Å². The van der Waals surface area contributed by atoms with Crippen molar-refractivity contribution in [1.82, 2.24) is 24.8 Å². The number of fused-ring (bicyclic) bond motifs is 1. The van der Waals surface area contributed by atoms with E-state index in [2.05, 4.69) is 15.5 Å². The zero-order valence-corrected chi connectivity index (χ0v) is 11.4. The lowest BCUT2D eigenvalue weighted by Gasteiger charge is -2.05. The van der Waals surface area contributed by atoms with Crippen molar-refractivity contribution in [3.63, 3.8) is 0 Å². The monoisotopic (exact) mass is 278 g/mol. The molecule has 0 fully saturated rings. The largest absolute Gasteiger partial charge is 0.299 e. The van der Waals surface area contributed by atoms with Crippen LogP contribution in [0.4, 0.5) is 0 Å². The van der Waals surface area contributed by atoms with Crippen molar-refractivity contribution in [1.29, 1.82) is 0 Å². The zero-order chi connectivity index (χ0) is 14.5. The summed E-state index contributed by atoms with van der Waals surface area (Å²) in [6.45, 7) is 0.584. The van der Waals surface area contributed by atoms with Crippen molar-refractivity contribution in [3.8, 4) is 0 Å². The van der Waals surface area contributed by atoms with Crippen LogP contribution in [0.1, 0.15) is 25.7 Å². The Morgan fingerprint density at radius 3 is 2.95 bits per heavy atom. The number of unbranched alkanes of at least 4 members (excludes halogenated alkanes) is 2. The topological polar surface area (TPSA) is 108 Å². The fourth-order valence-electron chi connectivity index (χ4n) is 2.04. The molecule has 0 spiro atoms. The molecule has 2 aromatic rings. The number of hydrogen-bond donors (Lipinski definition) is 2. The van der Waals surface area contributed by atoms with E-state index in [0.29, 0.717) is 24.0 Å². The minimum Gasteiger partial charge on any atom is -0.299 e. The Morgan fingerprint density at radius 2 is 2.20 bits per heavy atom. The second-order valence-corrected chi connectivity index (χ2v) is 4.63. The van der Waals surface area contributed by atoms with E-state index in [9.17, 15) is 9.59 Å². The minimum atomic E-state index is -0.166. The Labute approximate surface area is 115 Å². The number of hydrazine groups is 1. The van der Waals surface area contributed by atoms with Crippen LogP contribution in [-0.4, -0.2) is 25.2 Å². The van der Waals surface area contributed by atoms with E-state index in [4.69, 9.17) is 5.84 Å². The summed E-state index contributed by atoms with van der Waals surface area (Å²) in [4.78, 5) is 27.3. The van der Waals surface area contributed by atoms with Crippen molar-refractivity contribution in [2.45, 2.75) is 32.2 Å². The highest BCUT2D eigenvalue weighted by Gasteiger charge is 2.07. The van der Waals surface area contributed by atoms with Gasteiger partial charge in [0.15, 0.2) is 5.65 Å². The number of aryl methyl sites for hydroxylation is 2. The number of carbonyl (C=O) groups excluding carboxylic acids is 1. The van der Waals surface area contributed by atoms with Crippen LogP contribution in [0.2, 0.25) is 0 Å². The van der Waals surface area contributed by atoms with E-state index < -0.39 is 0 Å². The molecule has 2 aromatic heterocycles. The summed E-state index contributed by atoms with van der Waals surface area (Å²) >= 11 is 0. The van der Waals surface area contributed by atoms with Gasteiger partial charge in [0.25, 0.3) is 5.56 Å². The summed E-state index contributed by atoms with van der Waals surface area (Å²) in [6.07, 6.45) is 5.90. The SMILES string of the molecule is Cn1ncc2c(=O)n(CCCCCC(=O)NN)cnc21. The van der Waals surface area contributed by atoms with Crippen LogP contribution in [0.5, 0.6) is 0 Å². The molecule has 0 aliphatic carbocycles. The Morgan fingerprint density at radius 1 is 1.40 bits per heavy atom. The number of rotatable bonds is 6. The standard InChI is InChI=1S/C12H18N6O2/c1-17-11-9(7-15-17)12(20)18(8-14-11)6-4-2-3-5-10(19)16-13/h7-8H,2-6,13H2,1H3,(H,16,19). The smallest absolute Gasteiger partial charge is 0.264 e. The Hall–Kier alpha value is -2.22. The van der Waals surface area contributed by atoms with Gasteiger partial charge in [0.05, 0.1) is 12.5 Å². The zero-order valence-electron chi connectivity index (χ0n) is 11.4. The molecule has 20 heavy (non-hydrogen) atoms. The van der Waals surface area contributed by atoms with Gasteiger partial charge in [0, 0.05) is 20.0 Å². The molecule has 0 radical (unpaired) electrons. The molecule has 0 aliphatic heterocycles. The molecule has 3 N–H and O–H groups in total. The van der Waals surface area contributed by atoms with Gasteiger partial charge in [-0.15, -0.1) is 0 Å². The van der Waals surface area contributed by atoms with Gasteiger partial charge in [-0.25, -0.2) is 10.8 Å². The molecule has 0 aliphatic rings. The van der Waals surface area contributed by atoms with Crippen LogP contribution in [0.15, 0.2) is 17.3 Å². The Balaban J connectivity index is 1.92. The quantitative estimate of drug-likeness (QED) is 0.326. The number of amides is 1. The predicted octanol–water partition coefficient (Wildman–Crippen LogP) is -0.320. The van der Waals surface area contributed by atoms with Crippen LogP contribution in [0.3, 0.4) is 0 Å². The van der Waals surface area contributed by atoms with E-state index in [0.717, 1.165) is 19.3 Å². The van der Waals surface area contributed by atoms with Crippen molar-refractivity contribution < 1.29 is 4.79 Å². The Kier molecular flexibility index (Phi) is 4.46. The number of carbonyl (C=O) groups is 1.